The third kappa shape index (κ3) is 2.88. The van der Waals surface area contributed by atoms with Crippen molar-refractivity contribution in [3.63, 3.8) is 0 Å². The molecule has 27 heavy (non-hydrogen) atoms. The predicted molar refractivity (Wildman–Crippen MR) is 93.0 cm³/mol. The average Bonchev–Trinajstić information content (AvgIpc) is 3.38. The summed E-state index contributed by atoms with van der Waals surface area (Å²) in [6.07, 6.45) is 2.45. The van der Waals surface area contributed by atoms with Gasteiger partial charge in [-0.05, 0) is 20.3 Å². The Balaban J connectivity index is 1.48. The Morgan fingerprint density at radius 2 is 2.11 bits per heavy atom. The number of ether oxygens (including phenoxy) is 4. The molecule has 3 saturated heterocycles. The minimum atomic E-state index is -0.731. The molecule has 3 fully saturated rings. The van der Waals surface area contributed by atoms with E-state index in [0.717, 1.165) is 13.0 Å². The second kappa shape index (κ2) is 6.35. The molecule has 0 saturated carbocycles. The van der Waals surface area contributed by atoms with E-state index in [2.05, 4.69) is 20.3 Å². The summed E-state index contributed by atoms with van der Waals surface area (Å²) >= 11 is 0. The highest BCUT2D eigenvalue weighted by Gasteiger charge is 2.56. The van der Waals surface area contributed by atoms with Crippen molar-refractivity contribution in [1.82, 2.24) is 19.5 Å². The highest BCUT2D eigenvalue weighted by Crippen LogP contribution is 2.43. The molecule has 146 valence electrons. The first-order chi connectivity index (χ1) is 13.1. The fourth-order valence-electron chi connectivity index (χ4n) is 4.02. The summed E-state index contributed by atoms with van der Waals surface area (Å²) in [5.74, 6) is -0.0582. The fourth-order valence-corrected chi connectivity index (χ4v) is 4.02. The number of aliphatic hydroxyl groups is 1. The molecule has 0 aromatic carbocycles. The summed E-state index contributed by atoms with van der Waals surface area (Å²) in [5.41, 5.74) is 1.30. The van der Waals surface area contributed by atoms with Crippen LogP contribution in [-0.2, 0) is 18.9 Å². The van der Waals surface area contributed by atoms with E-state index < -0.39 is 18.1 Å². The molecule has 10 nitrogen and oxygen atoms in total. The minimum Gasteiger partial charge on any atom is -0.394 e. The van der Waals surface area contributed by atoms with Gasteiger partial charge in [0, 0.05) is 6.61 Å². The summed E-state index contributed by atoms with van der Waals surface area (Å²) in [7, 11) is 0. The number of nitrogens with one attached hydrogen (secondary N) is 1. The van der Waals surface area contributed by atoms with Crippen LogP contribution in [0.25, 0.3) is 11.2 Å². The van der Waals surface area contributed by atoms with Crippen LogP contribution in [-0.4, -0.2) is 74.6 Å². The Morgan fingerprint density at radius 3 is 2.89 bits per heavy atom. The molecule has 5 heterocycles. The van der Waals surface area contributed by atoms with Crippen LogP contribution >= 0.6 is 0 Å². The standard InChI is InChI=1S/C17H23N5O5/c1-17(2)26-12-10(5-23)25-16(13(12)27-17)22-8-20-11-14(18-7-19-15(11)22)21-9-3-4-24-6-9/h7-10,12-13,16,23H,3-6H2,1-2H3,(H,18,19,21)/t9-,10?,12?,13?,16?/m1/s1. The molecule has 3 aliphatic heterocycles. The van der Waals surface area contributed by atoms with E-state index in [1.54, 1.807) is 6.33 Å². The molecule has 4 unspecified atom stereocenters. The van der Waals surface area contributed by atoms with Crippen molar-refractivity contribution in [3.8, 4) is 0 Å². The Hall–Kier alpha value is -1.85. The maximum atomic E-state index is 9.68. The molecule has 5 atom stereocenters. The van der Waals surface area contributed by atoms with E-state index in [9.17, 15) is 5.11 Å². The van der Waals surface area contributed by atoms with Crippen molar-refractivity contribution in [1.29, 1.82) is 0 Å². The fraction of sp³-hybridized carbons (Fsp3) is 0.706. The number of aliphatic hydroxyl groups excluding tert-OH is 1. The number of aromatic nitrogens is 4. The maximum Gasteiger partial charge on any atom is 0.167 e. The Labute approximate surface area is 155 Å². The zero-order chi connectivity index (χ0) is 18.6. The normalized spacial score (nSPS) is 35.0. The summed E-state index contributed by atoms with van der Waals surface area (Å²) in [6.45, 7) is 4.97. The lowest BCUT2D eigenvalue weighted by Crippen LogP contribution is -2.31. The van der Waals surface area contributed by atoms with Gasteiger partial charge in [0.2, 0.25) is 0 Å². The van der Waals surface area contributed by atoms with Gasteiger partial charge < -0.3 is 29.4 Å². The molecule has 2 aromatic heterocycles. The zero-order valence-electron chi connectivity index (χ0n) is 15.2. The monoisotopic (exact) mass is 377 g/mol. The van der Waals surface area contributed by atoms with Gasteiger partial charge >= 0.3 is 0 Å². The molecule has 5 rings (SSSR count). The molecule has 2 N–H and O–H groups in total. The Kier molecular flexibility index (Phi) is 4.06. The van der Waals surface area contributed by atoms with Crippen LogP contribution in [0.2, 0.25) is 0 Å². The van der Waals surface area contributed by atoms with Crippen LogP contribution in [0.4, 0.5) is 5.82 Å². The van der Waals surface area contributed by atoms with Crippen LogP contribution in [0.5, 0.6) is 0 Å². The second-order valence-electron chi connectivity index (χ2n) is 7.56. The summed E-state index contributed by atoms with van der Waals surface area (Å²) in [5, 5.41) is 13.1. The van der Waals surface area contributed by atoms with Gasteiger partial charge in [0.25, 0.3) is 0 Å². The number of fused-ring (bicyclic) bond motifs is 2. The molecule has 2 aromatic rings. The van der Waals surface area contributed by atoms with E-state index >= 15 is 0 Å². The van der Waals surface area contributed by atoms with Gasteiger partial charge in [-0.1, -0.05) is 0 Å². The van der Waals surface area contributed by atoms with E-state index in [-0.39, 0.29) is 24.9 Å². The lowest BCUT2D eigenvalue weighted by Gasteiger charge is -2.24. The molecular formula is C17H23N5O5. The number of imidazole rings is 1. The number of anilines is 1. The lowest BCUT2D eigenvalue weighted by molar-refractivity contribution is -0.199. The van der Waals surface area contributed by atoms with Crippen molar-refractivity contribution < 1.29 is 24.1 Å². The van der Waals surface area contributed by atoms with Crippen LogP contribution in [0.3, 0.4) is 0 Å². The maximum absolute atomic E-state index is 9.68. The van der Waals surface area contributed by atoms with E-state index in [1.807, 2.05) is 18.4 Å². The molecule has 0 bridgehead atoms. The third-order valence-electron chi connectivity index (χ3n) is 5.21. The molecule has 0 aliphatic carbocycles. The largest absolute Gasteiger partial charge is 0.394 e. The number of hydrogen-bond donors (Lipinski definition) is 2. The Bertz CT molecular complexity index is 836. The number of hydrogen-bond acceptors (Lipinski definition) is 9. The van der Waals surface area contributed by atoms with Crippen LogP contribution in [0, 0.1) is 0 Å². The molecule has 10 heteroatoms. The van der Waals surface area contributed by atoms with Crippen molar-refractivity contribution in [2.24, 2.45) is 0 Å². The van der Waals surface area contributed by atoms with Crippen molar-refractivity contribution in [2.45, 2.75) is 56.6 Å². The van der Waals surface area contributed by atoms with Crippen molar-refractivity contribution >= 4 is 17.0 Å². The van der Waals surface area contributed by atoms with Crippen molar-refractivity contribution in [3.05, 3.63) is 12.7 Å². The van der Waals surface area contributed by atoms with Crippen LogP contribution < -0.4 is 5.32 Å². The van der Waals surface area contributed by atoms with Crippen LogP contribution in [0.1, 0.15) is 26.5 Å². The average molecular weight is 377 g/mol. The molecule has 3 aliphatic rings. The first-order valence-electron chi connectivity index (χ1n) is 9.19. The van der Waals surface area contributed by atoms with Crippen molar-refractivity contribution in [2.75, 3.05) is 25.1 Å². The van der Waals surface area contributed by atoms with E-state index in [0.29, 0.717) is 23.6 Å². The highest BCUT2D eigenvalue weighted by molar-refractivity contribution is 5.82. The third-order valence-corrected chi connectivity index (χ3v) is 5.21. The lowest BCUT2D eigenvalue weighted by atomic mass is 10.1. The van der Waals surface area contributed by atoms with Gasteiger partial charge in [-0.2, -0.15) is 0 Å². The quantitative estimate of drug-likeness (QED) is 0.783. The first kappa shape index (κ1) is 17.3. The second-order valence-corrected chi connectivity index (χ2v) is 7.56. The topological polar surface area (TPSA) is 113 Å². The van der Waals surface area contributed by atoms with Gasteiger partial charge in [-0.25, -0.2) is 15.0 Å². The number of rotatable bonds is 4. The minimum absolute atomic E-state index is 0.146. The predicted octanol–water partition coefficient (Wildman–Crippen LogP) is 0.437. The highest BCUT2D eigenvalue weighted by atomic mass is 16.8. The SMILES string of the molecule is CC1(C)OC2C(CO)OC(n3cnc4c(N[C@@H]5CCOC5)ncnc43)C2O1. The number of nitrogens with zero attached hydrogens (tertiary/aromatic N) is 4. The smallest absolute Gasteiger partial charge is 0.167 e. The summed E-state index contributed by atoms with van der Waals surface area (Å²) in [4.78, 5) is 13.2. The zero-order valence-corrected chi connectivity index (χ0v) is 15.2. The van der Waals surface area contributed by atoms with Gasteiger partial charge in [-0.15, -0.1) is 0 Å². The van der Waals surface area contributed by atoms with Gasteiger partial charge in [0.15, 0.2) is 29.0 Å². The van der Waals surface area contributed by atoms with Gasteiger partial charge in [0.05, 0.1) is 25.6 Å². The first-order valence-corrected chi connectivity index (χ1v) is 9.19. The van der Waals surface area contributed by atoms with Crippen LogP contribution in [0.15, 0.2) is 12.7 Å². The van der Waals surface area contributed by atoms with Gasteiger partial charge in [-0.3, -0.25) is 4.57 Å². The molecular weight excluding hydrogens is 354 g/mol. The molecule has 0 amide bonds. The molecule has 0 radical (unpaired) electrons. The Morgan fingerprint density at radius 1 is 1.26 bits per heavy atom. The van der Waals surface area contributed by atoms with E-state index in [4.69, 9.17) is 18.9 Å². The molecule has 0 spiro atoms. The summed E-state index contributed by atoms with van der Waals surface area (Å²) in [6, 6.07) is 0.214. The van der Waals surface area contributed by atoms with E-state index in [1.165, 1.54) is 6.33 Å². The summed E-state index contributed by atoms with van der Waals surface area (Å²) < 4.78 is 25.2. The van der Waals surface area contributed by atoms with Gasteiger partial charge in [0.1, 0.15) is 24.6 Å².